The van der Waals surface area contributed by atoms with Crippen molar-refractivity contribution in [1.82, 2.24) is 4.90 Å². The Morgan fingerprint density at radius 2 is 1.76 bits per heavy atom. The Morgan fingerprint density at radius 3 is 2.29 bits per heavy atom. The average molecular weight is 290 g/mol. The van der Waals surface area contributed by atoms with Gasteiger partial charge in [0.15, 0.2) is 0 Å². The third-order valence-corrected chi connectivity index (χ3v) is 4.42. The van der Waals surface area contributed by atoms with Gasteiger partial charge in [0.2, 0.25) is 0 Å². The first-order valence-electron chi connectivity index (χ1n) is 8.59. The maximum Gasteiger partial charge on any atom is 0.0504 e. The highest BCUT2D eigenvalue weighted by Crippen LogP contribution is 2.29. The van der Waals surface area contributed by atoms with Crippen LogP contribution in [-0.4, -0.2) is 23.5 Å². The molecule has 0 saturated heterocycles. The van der Waals surface area contributed by atoms with Crippen molar-refractivity contribution in [3.05, 3.63) is 35.4 Å². The van der Waals surface area contributed by atoms with Crippen LogP contribution >= 0.6 is 0 Å². The largest absolute Gasteiger partial charge is 0.326 e. The second-order valence-electron chi connectivity index (χ2n) is 6.41. The molecule has 1 rings (SSSR count). The molecule has 120 valence electrons. The van der Waals surface area contributed by atoms with E-state index in [0.29, 0.717) is 12.1 Å². The molecule has 2 nitrogen and oxygen atoms in total. The van der Waals surface area contributed by atoms with Crippen molar-refractivity contribution in [2.45, 2.75) is 78.4 Å². The van der Waals surface area contributed by atoms with Gasteiger partial charge in [-0.1, -0.05) is 51.0 Å². The lowest BCUT2D eigenvalue weighted by atomic mass is 9.91. The van der Waals surface area contributed by atoms with E-state index >= 15 is 0 Å². The minimum atomic E-state index is 0.190. The fraction of sp³-hybridized carbons (Fsp3) is 0.684. The Morgan fingerprint density at radius 1 is 1.10 bits per heavy atom. The fourth-order valence-electron chi connectivity index (χ4n) is 3.06. The minimum absolute atomic E-state index is 0.190. The Hall–Kier alpha value is -0.860. The maximum atomic E-state index is 6.52. The number of aryl methyl sites for hydroxylation is 1. The van der Waals surface area contributed by atoms with Crippen LogP contribution in [0.2, 0.25) is 0 Å². The summed E-state index contributed by atoms with van der Waals surface area (Å²) in [7, 11) is 0. The molecule has 2 heteroatoms. The summed E-state index contributed by atoms with van der Waals surface area (Å²) in [6.45, 7) is 12.4. The van der Waals surface area contributed by atoms with Crippen LogP contribution in [0.3, 0.4) is 0 Å². The molecule has 0 fully saturated rings. The van der Waals surface area contributed by atoms with Gasteiger partial charge >= 0.3 is 0 Å². The molecule has 1 aromatic rings. The van der Waals surface area contributed by atoms with E-state index in [1.807, 2.05) is 0 Å². The van der Waals surface area contributed by atoms with Crippen LogP contribution in [0, 0.1) is 6.92 Å². The van der Waals surface area contributed by atoms with Gasteiger partial charge in [-0.05, 0) is 51.3 Å². The molecule has 0 heterocycles. The second kappa shape index (κ2) is 9.22. The molecule has 2 atom stereocenters. The molecule has 0 spiro atoms. The summed E-state index contributed by atoms with van der Waals surface area (Å²) in [6, 6.07) is 9.75. The van der Waals surface area contributed by atoms with Crippen LogP contribution in [0.15, 0.2) is 24.3 Å². The summed E-state index contributed by atoms with van der Waals surface area (Å²) in [5.41, 5.74) is 9.27. The first-order chi connectivity index (χ1) is 10.0. The van der Waals surface area contributed by atoms with Gasteiger partial charge in [-0.2, -0.15) is 0 Å². The van der Waals surface area contributed by atoms with E-state index in [2.05, 4.69) is 63.8 Å². The first kappa shape index (κ1) is 18.2. The number of benzene rings is 1. The monoisotopic (exact) mass is 290 g/mol. The van der Waals surface area contributed by atoms with Crippen molar-refractivity contribution in [3.63, 3.8) is 0 Å². The van der Waals surface area contributed by atoms with Crippen molar-refractivity contribution in [2.75, 3.05) is 6.54 Å². The quantitative estimate of drug-likeness (QED) is 0.669. The molecule has 0 aromatic heterocycles. The van der Waals surface area contributed by atoms with Crippen molar-refractivity contribution >= 4 is 0 Å². The van der Waals surface area contributed by atoms with Crippen molar-refractivity contribution in [2.24, 2.45) is 5.73 Å². The highest BCUT2D eigenvalue weighted by molar-refractivity contribution is 5.30. The lowest BCUT2D eigenvalue weighted by Gasteiger charge is -2.39. The summed E-state index contributed by atoms with van der Waals surface area (Å²) < 4.78 is 0. The topological polar surface area (TPSA) is 29.3 Å². The van der Waals surface area contributed by atoms with E-state index in [0.717, 1.165) is 13.0 Å². The lowest BCUT2D eigenvalue weighted by Crippen LogP contribution is -2.45. The zero-order chi connectivity index (χ0) is 15.8. The molecule has 0 amide bonds. The molecule has 21 heavy (non-hydrogen) atoms. The molecular weight excluding hydrogens is 256 g/mol. The van der Waals surface area contributed by atoms with Crippen LogP contribution in [0.25, 0.3) is 0 Å². The number of rotatable bonds is 9. The smallest absolute Gasteiger partial charge is 0.0504 e. The van der Waals surface area contributed by atoms with E-state index < -0.39 is 0 Å². The Labute approximate surface area is 131 Å². The van der Waals surface area contributed by atoms with Gasteiger partial charge in [0.25, 0.3) is 0 Å². The number of nitrogens with two attached hydrogens (primary N) is 1. The van der Waals surface area contributed by atoms with Crippen LogP contribution in [0.5, 0.6) is 0 Å². The molecule has 1 aromatic carbocycles. The van der Waals surface area contributed by atoms with E-state index in [1.165, 1.54) is 30.4 Å². The number of hydrogen-bond donors (Lipinski definition) is 1. The lowest BCUT2D eigenvalue weighted by molar-refractivity contribution is 0.127. The number of nitrogens with zero attached hydrogens (tertiary/aromatic N) is 1. The highest BCUT2D eigenvalue weighted by Gasteiger charge is 2.28. The molecule has 0 aliphatic rings. The summed E-state index contributed by atoms with van der Waals surface area (Å²) in [6.07, 6.45) is 4.83. The zero-order valence-corrected chi connectivity index (χ0v) is 14.6. The maximum absolute atomic E-state index is 6.52. The number of unbranched alkanes of at least 4 members (excludes halogenated alkanes) is 2. The number of hydrogen-bond acceptors (Lipinski definition) is 2. The standard InChI is InChI=1S/C19H34N2/c1-6-8-11-14-21(15(3)4)19(18(20)7-2)17-13-10-9-12-16(17)5/h9-10,12-13,15,18-19H,6-8,11,14,20H2,1-5H3. The summed E-state index contributed by atoms with van der Waals surface area (Å²) in [5, 5.41) is 0. The Balaban J connectivity index is 3.06. The molecule has 0 aliphatic carbocycles. The van der Waals surface area contributed by atoms with Gasteiger partial charge in [0.1, 0.15) is 0 Å². The van der Waals surface area contributed by atoms with Crippen molar-refractivity contribution < 1.29 is 0 Å². The highest BCUT2D eigenvalue weighted by atomic mass is 15.2. The van der Waals surface area contributed by atoms with E-state index in [-0.39, 0.29) is 6.04 Å². The second-order valence-corrected chi connectivity index (χ2v) is 6.41. The molecule has 2 N–H and O–H groups in total. The molecular formula is C19H34N2. The van der Waals surface area contributed by atoms with Gasteiger partial charge in [-0.15, -0.1) is 0 Å². The summed E-state index contributed by atoms with van der Waals surface area (Å²) in [4.78, 5) is 2.60. The SMILES string of the molecule is CCCCCN(C(C)C)C(c1ccccc1C)C(N)CC. The van der Waals surface area contributed by atoms with Crippen molar-refractivity contribution in [1.29, 1.82) is 0 Å². The van der Waals surface area contributed by atoms with Gasteiger partial charge in [0.05, 0.1) is 6.04 Å². The first-order valence-corrected chi connectivity index (χ1v) is 8.59. The minimum Gasteiger partial charge on any atom is -0.326 e. The van der Waals surface area contributed by atoms with Crippen LogP contribution in [-0.2, 0) is 0 Å². The third kappa shape index (κ3) is 5.12. The fourth-order valence-corrected chi connectivity index (χ4v) is 3.06. The Kier molecular flexibility index (Phi) is 7.98. The predicted octanol–water partition coefficient (Wildman–Crippen LogP) is 4.67. The third-order valence-electron chi connectivity index (χ3n) is 4.42. The Bertz CT molecular complexity index is 400. The predicted molar refractivity (Wildman–Crippen MR) is 93.6 cm³/mol. The van der Waals surface area contributed by atoms with E-state index in [1.54, 1.807) is 0 Å². The molecule has 0 aliphatic heterocycles. The van der Waals surface area contributed by atoms with Crippen LogP contribution in [0.1, 0.15) is 70.5 Å². The van der Waals surface area contributed by atoms with E-state index in [4.69, 9.17) is 5.73 Å². The normalized spacial score (nSPS) is 14.7. The zero-order valence-electron chi connectivity index (χ0n) is 14.6. The summed E-state index contributed by atoms with van der Waals surface area (Å²) in [5.74, 6) is 0. The average Bonchev–Trinajstić information content (AvgIpc) is 2.47. The van der Waals surface area contributed by atoms with Crippen LogP contribution in [0.4, 0.5) is 0 Å². The summed E-state index contributed by atoms with van der Waals surface area (Å²) >= 11 is 0. The van der Waals surface area contributed by atoms with Crippen molar-refractivity contribution in [3.8, 4) is 0 Å². The molecule has 0 radical (unpaired) electrons. The molecule has 0 bridgehead atoms. The molecule has 2 unspecified atom stereocenters. The van der Waals surface area contributed by atoms with Gasteiger partial charge in [-0.25, -0.2) is 0 Å². The van der Waals surface area contributed by atoms with Gasteiger partial charge in [0, 0.05) is 12.1 Å². The van der Waals surface area contributed by atoms with E-state index in [9.17, 15) is 0 Å². The van der Waals surface area contributed by atoms with Crippen LogP contribution < -0.4 is 5.73 Å². The van der Waals surface area contributed by atoms with Gasteiger partial charge < -0.3 is 5.73 Å². The van der Waals surface area contributed by atoms with Gasteiger partial charge in [-0.3, -0.25) is 4.90 Å². The molecule has 0 saturated carbocycles.